The van der Waals surface area contributed by atoms with Crippen LogP contribution in [0, 0.1) is 5.92 Å². The molecule has 1 aromatic heterocycles. The van der Waals surface area contributed by atoms with E-state index in [0.29, 0.717) is 36.3 Å². The van der Waals surface area contributed by atoms with E-state index in [2.05, 4.69) is 9.88 Å². The molecule has 0 spiro atoms. The number of hydrogen-bond donors (Lipinski definition) is 1. The van der Waals surface area contributed by atoms with E-state index in [-0.39, 0.29) is 29.4 Å². The predicted molar refractivity (Wildman–Crippen MR) is 147 cm³/mol. The quantitative estimate of drug-likeness (QED) is 0.412. The molecule has 11 heteroatoms. The van der Waals surface area contributed by atoms with Crippen LogP contribution in [0.25, 0.3) is 0 Å². The summed E-state index contributed by atoms with van der Waals surface area (Å²) in [4.78, 5) is 34.3. The predicted octanol–water partition coefficient (Wildman–Crippen LogP) is 5.22. The third-order valence-corrected chi connectivity index (χ3v) is 8.13. The molecule has 1 saturated heterocycles. The number of anilines is 1. The number of hydrogen-bond acceptors (Lipinski definition) is 5. The zero-order chi connectivity index (χ0) is 29.2. The molecular formula is C29H36ClF3N4O3. The van der Waals surface area contributed by atoms with Crippen molar-refractivity contribution in [3.63, 3.8) is 0 Å². The molecule has 2 heterocycles. The molecule has 2 unspecified atom stereocenters. The molecule has 2 aromatic rings. The molecule has 1 N–H and O–H groups in total. The van der Waals surface area contributed by atoms with Crippen LogP contribution < -0.4 is 4.90 Å². The monoisotopic (exact) mass is 580 g/mol. The van der Waals surface area contributed by atoms with E-state index >= 15 is 0 Å². The first-order valence-corrected chi connectivity index (χ1v) is 14.0. The van der Waals surface area contributed by atoms with Crippen LogP contribution in [0.15, 0.2) is 36.4 Å². The van der Waals surface area contributed by atoms with Crippen LogP contribution in [0.1, 0.15) is 65.9 Å². The van der Waals surface area contributed by atoms with Gasteiger partial charge in [-0.2, -0.15) is 13.2 Å². The lowest BCUT2D eigenvalue weighted by Crippen LogP contribution is -2.55. The van der Waals surface area contributed by atoms with Crippen LogP contribution in [0.2, 0.25) is 5.15 Å². The summed E-state index contributed by atoms with van der Waals surface area (Å²) in [6.45, 7) is 1.54. The van der Waals surface area contributed by atoms with Gasteiger partial charge in [0, 0.05) is 46.3 Å². The standard InChI is InChI=1S/C29H36ClF3N4O3/c1-35(2)26(38)23-13-14-24(34-25(23)30)37-16-6-8-19(18-37)7-5-15-36(3)27(39)28(40,29(31,32)33)22-10-4-9-21(17-22)20-11-12-20/h4,9-10,13-14,17,19-20,40H,5-8,11-12,15-16,18H2,1-3H3. The van der Waals surface area contributed by atoms with Gasteiger partial charge in [0.25, 0.3) is 17.4 Å². The number of rotatable bonds is 9. The smallest absolute Gasteiger partial charge is 0.369 e. The highest BCUT2D eigenvalue weighted by Gasteiger charge is 2.61. The van der Waals surface area contributed by atoms with Crippen molar-refractivity contribution in [2.45, 2.75) is 56.2 Å². The summed E-state index contributed by atoms with van der Waals surface area (Å²) >= 11 is 6.29. The summed E-state index contributed by atoms with van der Waals surface area (Å²) in [7, 11) is 4.59. The number of pyridine rings is 1. The Balaban J connectivity index is 1.36. The number of likely N-dealkylation sites (N-methyl/N-ethyl adjacent to an activating group) is 1. The van der Waals surface area contributed by atoms with Crippen molar-refractivity contribution in [1.82, 2.24) is 14.8 Å². The van der Waals surface area contributed by atoms with E-state index in [1.807, 2.05) is 0 Å². The lowest BCUT2D eigenvalue weighted by molar-refractivity contribution is -0.261. The number of aliphatic hydroxyl groups is 1. The Morgan fingerprint density at radius 1 is 1.12 bits per heavy atom. The van der Waals surface area contributed by atoms with Crippen LogP contribution in [-0.2, 0) is 10.4 Å². The highest BCUT2D eigenvalue weighted by Crippen LogP contribution is 2.44. The molecule has 7 nitrogen and oxygen atoms in total. The van der Waals surface area contributed by atoms with Gasteiger partial charge in [-0.25, -0.2) is 4.98 Å². The number of aromatic nitrogens is 1. The van der Waals surface area contributed by atoms with E-state index in [9.17, 15) is 27.9 Å². The number of carbonyl (C=O) groups excluding carboxylic acids is 2. The fraction of sp³-hybridized carbons (Fsp3) is 0.552. The molecule has 0 bridgehead atoms. The third-order valence-electron chi connectivity index (χ3n) is 7.84. The lowest BCUT2D eigenvalue weighted by atomic mass is 9.89. The van der Waals surface area contributed by atoms with Crippen molar-refractivity contribution in [3.05, 3.63) is 58.2 Å². The summed E-state index contributed by atoms with van der Waals surface area (Å²) in [6, 6.07) is 9.13. The van der Waals surface area contributed by atoms with Crippen molar-refractivity contribution in [2.24, 2.45) is 5.92 Å². The summed E-state index contributed by atoms with van der Waals surface area (Å²) in [5, 5.41) is 11.0. The van der Waals surface area contributed by atoms with Gasteiger partial charge in [-0.05, 0) is 68.1 Å². The molecular weight excluding hydrogens is 545 g/mol. The molecule has 2 fully saturated rings. The topological polar surface area (TPSA) is 77.0 Å². The molecule has 0 radical (unpaired) electrons. The molecule has 2 atom stereocenters. The van der Waals surface area contributed by atoms with Crippen LogP contribution in [0.3, 0.4) is 0 Å². The number of piperidine rings is 1. The van der Waals surface area contributed by atoms with Gasteiger partial charge in [-0.15, -0.1) is 0 Å². The molecule has 4 rings (SSSR count). The molecule has 1 aliphatic heterocycles. The van der Waals surface area contributed by atoms with Gasteiger partial charge < -0.3 is 19.8 Å². The van der Waals surface area contributed by atoms with E-state index < -0.39 is 23.2 Å². The molecule has 2 amide bonds. The number of amides is 2. The minimum atomic E-state index is -5.16. The SMILES string of the molecule is CN(C)C(=O)c1ccc(N2CCCC(CCCN(C)C(=O)C(O)(c3cccc(C4CC4)c3)C(F)(F)F)C2)nc1Cl. The number of halogens is 4. The fourth-order valence-corrected chi connectivity index (χ4v) is 5.58. The minimum absolute atomic E-state index is 0.0848. The maximum Gasteiger partial charge on any atom is 0.430 e. The molecule has 1 aromatic carbocycles. The molecule has 1 aliphatic carbocycles. The average Bonchev–Trinajstić information content (AvgIpc) is 3.77. The van der Waals surface area contributed by atoms with Gasteiger partial charge in [0.05, 0.1) is 5.56 Å². The molecule has 218 valence electrons. The minimum Gasteiger partial charge on any atom is -0.369 e. The Labute approximate surface area is 237 Å². The van der Waals surface area contributed by atoms with Gasteiger partial charge in [0.2, 0.25) is 0 Å². The van der Waals surface area contributed by atoms with Crippen LogP contribution in [-0.4, -0.2) is 78.7 Å². The lowest BCUT2D eigenvalue weighted by Gasteiger charge is -2.35. The average molecular weight is 581 g/mol. The Morgan fingerprint density at radius 3 is 2.48 bits per heavy atom. The number of nitrogens with zero attached hydrogens (tertiary/aromatic N) is 4. The van der Waals surface area contributed by atoms with E-state index in [1.54, 1.807) is 32.3 Å². The van der Waals surface area contributed by atoms with Crippen LogP contribution >= 0.6 is 11.6 Å². The first kappa shape index (κ1) is 30.1. The Hall–Kier alpha value is -2.85. The summed E-state index contributed by atoms with van der Waals surface area (Å²) in [6.07, 6.45) is -0.342. The van der Waals surface area contributed by atoms with Crippen molar-refractivity contribution >= 4 is 29.2 Å². The van der Waals surface area contributed by atoms with Crippen molar-refractivity contribution in [1.29, 1.82) is 0 Å². The largest absolute Gasteiger partial charge is 0.430 e. The maximum atomic E-state index is 14.2. The van der Waals surface area contributed by atoms with Gasteiger partial charge in [0.15, 0.2) is 0 Å². The van der Waals surface area contributed by atoms with E-state index in [1.165, 1.54) is 30.1 Å². The van der Waals surface area contributed by atoms with Gasteiger partial charge in [0.1, 0.15) is 11.0 Å². The first-order valence-electron chi connectivity index (χ1n) is 13.6. The van der Waals surface area contributed by atoms with E-state index in [0.717, 1.165) is 37.1 Å². The Kier molecular flexibility index (Phi) is 8.99. The van der Waals surface area contributed by atoms with Crippen molar-refractivity contribution in [3.8, 4) is 0 Å². The van der Waals surface area contributed by atoms with Gasteiger partial charge >= 0.3 is 6.18 Å². The number of alkyl halides is 3. The number of carbonyl (C=O) groups is 2. The van der Waals surface area contributed by atoms with Crippen LogP contribution in [0.5, 0.6) is 0 Å². The van der Waals surface area contributed by atoms with Crippen molar-refractivity contribution < 1.29 is 27.9 Å². The molecule has 40 heavy (non-hydrogen) atoms. The second kappa shape index (κ2) is 11.9. The highest BCUT2D eigenvalue weighted by atomic mass is 35.5. The van der Waals surface area contributed by atoms with Gasteiger partial charge in [-0.1, -0.05) is 35.9 Å². The third kappa shape index (κ3) is 6.38. The zero-order valence-corrected chi connectivity index (χ0v) is 23.8. The number of benzene rings is 1. The zero-order valence-electron chi connectivity index (χ0n) is 23.0. The molecule has 2 aliphatic rings. The summed E-state index contributed by atoms with van der Waals surface area (Å²) in [5.41, 5.74) is -2.99. The fourth-order valence-electron chi connectivity index (χ4n) is 5.35. The summed E-state index contributed by atoms with van der Waals surface area (Å²) < 4.78 is 42.5. The Morgan fingerprint density at radius 2 is 1.85 bits per heavy atom. The second-order valence-corrected chi connectivity index (χ2v) is 11.5. The normalized spacial score (nSPS) is 19.2. The highest BCUT2D eigenvalue weighted by molar-refractivity contribution is 6.32. The Bertz CT molecular complexity index is 1240. The second-order valence-electron chi connectivity index (χ2n) is 11.1. The molecule has 1 saturated carbocycles. The maximum absolute atomic E-state index is 14.2. The summed E-state index contributed by atoms with van der Waals surface area (Å²) in [5.74, 6) is -0.500. The van der Waals surface area contributed by atoms with Crippen molar-refractivity contribution in [2.75, 3.05) is 45.7 Å². The first-order chi connectivity index (χ1) is 18.8. The van der Waals surface area contributed by atoms with Crippen LogP contribution in [0.4, 0.5) is 19.0 Å². The van der Waals surface area contributed by atoms with E-state index in [4.69, 9.17) is 11.6 Å². The van der Waals surface area contributed by atoms with Gasteiger partial charge in [-0.3, -0.25) is 9.59 Å².